The fourth-order valence-electron chi connectivity index (χ4n) is 3.21. The number of aliphatic hydroxyl groups is 1. The second-order valence-electron chi connectivity index (χ2n) is 6.68. The Bertz CT molecular complexity index is 780. The topological polar surface area (TPSA) is 102 Å². The fourth-order valence-corrected chi connectivity index (χ4v) is 3.47. The van der Waals surface area contributed by atoms with Gasteiger partial charge < -0.3 is 20.1 Å². The highest BCUT2D eigenvalue weighted by Gasteiger charge is 2.32. The van der Waals surface area contributed by atoms with E-state index in [1.54, 1.807) is 12.1 Å². The lowest BCUT2D eigenvalue weighted by Gasteiger charge is -2.16. The third-order valence-corrected chi connectivity index (χ3v) is 4.69. The molecule has 1 amide bonds. The van der Waals surface area contributed by atoms with E-state index in [-0.39, 0.29) is 12.5 Å². The molecule has 1 saturated heterocycles. The maximum Gasteiger partial charge on any atom is 0.255 e. The summed E-state index contributed by atoms with van der Waals surface area (Å²) in [5.74, 6) is 0.779. The molecule has 2 aromatic rings. The van der Waals surface area contributed by atoms with Crippen LogP contribution in [0.5, 0.6) is 5.75 Å². The molecule has 3 rings (SSSR count). The number of aromatic nitrogens is 1. The van der Waals surface area contributed by atoms with Gasteiger partial charge in [-0.05, 0) is 24.6 Å². The van der Waals surface area contributed by atoms with Crippen LogP contribution in [-0.2, 0) is 17.8 Å². The van der Waals surface area contributed by atoms with Crippen LogP contribution in [0.2, 0.25) is 5.02 Å². The molecule has 1 aliphatic heterocycles. The number of hydrogen-bond acceptors (Lipinski definition) is 6. The number of hydrogen-bond donors (Lipinski definition) is 2. The minimum absolute atomic E-state index is 0.107. The molecule has 1 aromatic carbocycles. The van der Waals surface area contributed by atoms with E-state index < -0.39 is 12.0 Å². The SMILES string of the molecule is Cc1cc(C[C@@H]2CN(Cc3ccc(OCC(N)=O)c(Cl)c3)C[C@@H]2O)on1. The number of halogens is 1. The number of nitrogens with zero attached hydrogens (tertiary/aromatic N) is 2. The van der Waals surface area contributed by atoms with E-state index in [9.17, 15) is 9.90 Å². The van der Waals surface area contributed by atoms with E-state index >= 15 is 0 Å². The van der Waals surface area contributed by atoms with Crippen LogP contribution in [0.1, 0.15) is 17.0 Å². The number of ether oxygens (including phenoxy) is 1. The molecular formula is C18H22ClN3O4. The average Bonchev–Trinajstić information content (AvgIpc) is 3.12. The molecule has 0 spiro atoms. The number of carbonyl (C=O) groups excluding carboxylic acids is 1. The third kappa shape index (κ3) is 4.75. The Hall–Kier alpha value is -2.09. The predicted molar refractivity (Wildman–Crippen MR) is 95.9 cm³/mol. The van der Waals surface area contributed by atoms with Crippen molar-refractivity contribution in [2.24, 2.45) is 11.7 Å². The first-order valence-electron chi connectivity index (χ1n) is 8.43. The molecule has 140 valence electrons. The van der Waals surface area contributed by atoms with Crippen molar-refractivity contribution < 1.29 is 19.2 Å². The number of rotatable bonds is 7. The van der Waals surface area contributed by atoms with Gasteiger partial charge >= 0.3 is 0 Å². The summed E-state index contributed by atoms with van der Waals surface area (Å²) in [6, 6.07) is 7.32. The number of nitrogens with two attached hydrogens (primary N) is 1. The fraction of sp³-hybridized carbons (Fsp3) is 0.444. The molecule has 0 bridgehead atoms. The number of primary amides is 1. The molecule has 2 atom stereocenters. The van der Waals surface area contributed by atoms with Crippen LogP contribution in [0.3, 0.4) is 0 Å². The molecule has 1 fully saturated rings. The van der Waals surface area contributed by atoms with E-state index in [1.165, 1.54) is 0 Å². The molecule has 0 aliphatic carbocycles. The van der Waals surface area contributed by atoms with Gasteiger partial charge in [0.05, 0.1) is 16.8 Å². The van der Waals surface area contributed by atoms with E-state index in [0.717, 1.165) is 23.6 Å². The number of aryl methyl sites for hydroxylation is 1. The lowest BCUT2D eigenvalue weighted by molar-refractivity contribution is -0.119. The van der Waals surface area contributed by atoms with Crippen LogP contribution in [0.4, 0.5) is 0 Å². The van der Waals surface area contributed by atoms with E-state index in [0.29, 0.717) is 30.3 Å². The maximum absolute atomic E-state index is 10.8. The summed E-state index contributed by atoms with van der Waals surface area (Å²) < 4.78 is 10.5. The van der Waals surface area contributed by atoms with Crippen LogP contribution < -0.4 is 10.5 Å². The summed E-state index contributed by atoms with van der Waals surface area (Å²) in [6.45, 7) is 3.69. The van der Waals surface area contributed by atoms with Crippen molar-refractivity contribution in [3.63, 3.8) is 0 Å². The summed E-state index contributed by atoms with van der Waals surface area (Å²) >= 11 is 6.20. The molecule has 0 radical (unpaired) electrons. The van der Waals surface area contributed by atoms with Crippen LogP contribution in [0, 0.1) is 12.8 Å². The Kier molecular flexibility index (Phi) is 5.80. The Labute approximate surface area is 156 Å². The van der Waals surface area contributed by atoms with E-state index in [1.807, 2.05) is 19.1 Å². The van der Waals surface area contributed by atoms with Gasteiger partial charge in [-0.25, -0.2) is 0 Å². The quantitative estimate of drug-likeness (QED) is 0.756. The Balaban J connectivity index is 1.57. The zero-order valence-corrected chi connectivity index (χ0v) is 15.3. The number of amides is 1. The molecular weight excluding hydrogens is 358 g/mol. The zero-order chi connectivity index (χ0) is 18.7. The van der Waals surface area contributed by atoms with Gasteiger partial charge in [0.15, 0.2) is 6.61 Å². The summed E-state index contributed by atoms with van der Waals surface area (Å²) in [5.41, 5.74) is 6.91. The number of β-amino-alcohol motifs (C(OH)–C–C–N with tert-alkyl or cyclic N) is 1. The molecule has 1 aliphatic rings. The Morgan fingerprint density at radius 1 is 1.46 bits per heavy atom. The predicted octanol–water partition coefficient (Wildman–Crippen LogP) is 1.54. The van der Waals surface area contributed by atoms with Crippen molar-refractivity contribution in [2.45, 2.75) is 26.0 Å². The van der Waals surface area contributed by atoms with Crippen molar-refractivity contribution in [3.05, 3.63) is 46.3 Å². The lowest BCUT2D eigenvalue weighted by atomic mass is 10.0. The molecule has 7 nitrogen and oxygen atoms in total. The van der Waals surface area contributed by atoms with Gasteiger partial charge in [0.25, 0.3) is 5.91 Å². The normalized spacial score (nSPS) is 20.4. The first-order valence-corrected chi connectivity index (χ1v) is 8.80. The number of aliphatic hydroxyl groups excluding tert-OH is 1. The highest BCUT2D eigenvalue weighted by Crippen LogP contribution is 2.28. The van der Waals surface area contributed by atoms with Gasteiger partial charge in [-0.3, -0.25) is 9.69 Å². The van der Waals surface area contributed by atoms with E-state index in [4.69, 9.17) is 26.6 Å². The van der Waals surface area contributed by atoms with Gasteiger partial charge in [-0.1, -0.05) is 22.8 Å². The second kappa shape index (κ2) is 8.07. The van der Waals surface area contributed by atoms with Gasteiger partial charge in [-0.2, -0.15) is 0 Å². The molecule has 0 saturated carbocycles. The summed E-state index contributed by atoms with van der Waals surface area (Å²) in [6.07, 6.45) is 0.258. The number of carbonyl (C=O) groups is 1. The smallest absolute Gasteiger partial charge is 0.255 e. The minimum atomic E-state index is -0.552. The summed E-state index contributed by atoms with van der Waals surface area (Å²) in [4.78, 5) is 13.0. The number of likely N-dealkylation sites (tertiary alicyclic amines) is 1. The average molecular weight is 380 g/mol. The van der Waals surface area contributed by atoms with Crippen molar-refractivity contribution in [2.75, 3.05) is 19.7 Å². The Morgan fingerprint density at radius 3 is 2.92 bits per heavy atom. The third-order valence-electron chi connectivity index (χ3n) is 4.39. The van der Waals surface area contributed by atoms with Crippen LogP contribution in [-0.4, -0.2) is 46.9 Å². The van der Waals surface area contributed by atoms with Crippen LogP contribution in [0.15, 0.2) is 28.8 Å². The largest absolute Gasteiger partial charge is 0.482 e. The first kappa shape index (κ1) is 18.7. The monoisotopic (exact) mass is 379 g/mol. The van der Waals surface area contributed by atoms with Crippen molar-refractivity contribution >= 4 is 17.5 Å². The van der Waals surface area contributed by atoms with Crippen molar-refractivity contribution in [1.82, 2.24) is 10.1 Å². The number of benzene rings is 1. The minimum Gasteiger partial charge on any atom is -0.482 e. The summed E-state index contributed by atoms with van der Waals surface area (Å²) in [7, 11) is 0. The molecule has 8 heteroatoms. The molecule has 2 heterocycles. The van der Waals surface area contributed by atoms with Gasteiger partial charge in [0, 0.05) is 38.0 Å². The molecule has 1 aromatic heterocycles. The molecule has 3 N–H and O–H groups in total. The van der Waals surface area contributed by atoms with Gasteiger partial charge in [0.1, 0.15) is 11.5 Å². The van der Waals surface area contributed by atoms with Gasteiger partial charge in [0.2, 0.25) is 0 Å². The maximum atomic E-state index is 10.8. The van der Waals surface area contributed by atoms with Gasteiger partial charge in [-0.15, -0.1) is 0 Å². The Morgan fingerprint density at radius 2 is 2.27 bits per heavy atom. The molecule has 26 heavy (non-hydrogen) atoms. The standard InChI is InChI=1S/C18H22ClN3O4/c1-11-4-14(26-21-11)6-13-8-22(9-16(13)23)7-12-2-3-17(15(19)5-12)25-10-18(20)24/h2-5,13,16,23H,6-10H2,1H3,(H2,20,24)/t13-,16+/m1/s1. The second-order valence-corrected chi connectivity index (χ2v) is 7.09. The highest BCUT2D eigenvalue weighted by atomic mass is 35.5. The van der Waals surface area contributed by atoms with Crippen molar-refractivity contribution in [3.8, 4) is 5.75 Å². The van der Waals surface area contributed by atoms with Crippen LogP contribution in [0.25, 0.3) is 0 Å². The first-order chi connectivity index (χ1) is 12.4. The summed E-state index contributed by atoms with van der Waals surface area (Å²) in [5, 5.41) is 14.6. The lowest BCUT2D eigenvalue weighted by Crippen LogP contribution is -2.21. The zero-order valence-electron chi connectivity index (χ0n) is 14.5. The van der Waals surface area contributed by atoms with E-state index in [2.05, 4.69) is 10.1 Å². The molecule has 0 unspecified atom stereocenters. The van der Waals surface area contributed by atoms with Crippen LogP contribution >= 0.6 is 11.6 Å². The van der Waals surface area contributed by atoms with Crippen molar-refractivity contribution in [1.29, 1.82) is 0 Å². The highest BCUT2D eigenvalue weighted by molar-refractivity contribution is 6.32.